The first-order chi connectivity index (χ1) is 10.6. The Morgan fingerprint density at radius 2 is 2.09 bits per heavy atom. The van der Waals surface area contributed by atoms with Gasteiger partial charge in [0.1, 0.15) is 11.3 Å². The first kappa shape index (κ1) is 16.0. The quantitative estimate of drug-likeness (QED) is 0.656. The number of nitrogens with zero attached hydrogens (tertiary/aromatic N) is 2. The van der Waals surface area contributed by atoms with Gasteiger partial charge in [0.15, 0.2) is 4.77 Å². The van der Waals surface area contributed by atoms with Crippen LogP contribution in [0.15, 0.2) is 34.1 Å². The van der Waals surface area contributed by atoms with Crippen LogP contribution in [0, 0.1) is 4.77 Å². The van der Waals surface area contributed by atoms with Crippen LogP contribution in [-0.2, 0) is 6.54 Å². The van der Waals surface area contributed by atoms with Gasteiger partial charge in [0.2, 0.25) is 5.88 Å². The smallest absolute Gasteiger partial charge is 0.264 e. The van der Waals surface area contributed by atoms with Crippen molar-refractivity contribution in [2.45, 2.75) is 19.9 Å². The normalized spacial score (nSPS) is 11.0. The summed E-state index contributed by atoms with van der Waals surface area (Å²) in [4.78, 5) is 18.7. The lowest BCUT2D eigenvalue weighted by atomic mass is 10.3. The van der Waals surface area contributed by atoms with E-state index in [1.165, 1.54) is 10.8 Å². The maximum Gasteiger partial charge on any atom is 0.264 e. The molecule has 0 atom stereocenters. The minimum Gasteiger partial charge on any atom is -0.497 e. The number of aromatic nitrogens is 2. The Hall–Kier alpha value is -2.41. The minimum absolute atomic E-state index is 0.0814. The molecule has 116 valence electrons. The summed E-state index contributed by atoms with van der Waals surface area (Å²) in [6.07, 6.45) is 2.11. The van der Waals surface area contributed by atoms with Gasteiger partial charge in [-0.3, -0.25) is 19.3 Å². The zero-order chi connectivity index (χ0) is 16.1. The van der Waals surface area contributed by atoms with Crippen LogP contribution in [0.3, 0.4) is 0 Å². The predicted octanol–water partition coefficient (Wildman–Crippen LogP) is 2.78. The standard InChI is InChI=1S/C15H17N3O3S/c1-3-8-18-14(20)12(13(19)17-15(18)22)9-16-10-4-6-11(21-2)7-5-10/h4-7,9,20H,3,8H2,1-2H3,(H,17,19,22). The van der Waals surface area contributed by atoms with Crippen molar-refractivity contribution in [3.05, 3.63) is 45.0 Å². The monoisotopic (exact) mass is 319 g/mol. The highest BCUT2D eigenvalue weighted by molar-refractivity contribution is 7.71. The molecule has 0 saturated carbocycles. The molecule has 0 fully saturated rings. The molecule has 1 aromatic heterocycles. The van der Waals surface area contributed by atoms with Gasteiger partial charge >= 0.3 is 0 Å². The molecule has 0 aliphatic carbocycles. The highest BCUT2D eigenvalue weighted by Crippen LogP contribution is 2.18. The molecule has 0 radical (unpaired) electrons. The zero-order valence-electron chi connectivity index (χ0n) is 12.4. The van der Waals surface area contributed by atoms with Gasteiger partial charge in [-0.2, -0.15) is 0 Å². The van der Waals surface area contributed by atoms with E-state index in [4.69, 9.17) is 17.0 Å². The van der Waals surface area contributed by atoms with Crippen LogP contribution in [-0.4, -0.2) is 28.0 Å². The van der Waals surface area contributed by atoms with Crippen molar-refractivity contribution in [2.75, 3.05) is 7.11 Å². The highest BCUT2D eigenvalue weighted by atomic mass is 32.1. The summed E-state index contributed by atoms with van der Waals surface area (Å²) >= 11 is 5.05. The van der Waals surface area contributed by atoms with E-state index in [1.54, 1.807) is 31.4 Å². The van der Waals surface area contributed by atoms with Crippen LogP contribution in [0.25, 0.3) is 0 Å². The fourth-order valence-electron chi connectivity index (χ4n) is 1.93. The molecule has 0 unspecified atom stereocenters. The number of hydrogen-bond acceptors (Lipinski definition) is 5. The van der Waals surface area contributed by atoms with Crippen LogP contribution < -0.4 is 10.3 Å². The van der Waals surface area contributed by atoms with Crippen molar-refractivity contribution in [3.63, 3.8) is 0 Å². The van der Waals surface area contributed by atoms with E-state index >= 15 is 0 Å². The number of ether oxygens (including phenoxy) is 1. The molecular weight excluding hydrogens is 302 g/mol. The number of methoxy groups -OCH3 is 1. The Labute approximate surface area is 132 Å². The van der Waals surface area contributed by atoms with Crippen molar-refractivity contribution < 1.29 is 9.84 Å². The summed E-state index contributed by atoms with van der Waals surface area (Å²) in [5.74, 6) is 0.545. The van der Waals surface area contributed by atoms with E-state index < -0.39 is 5.56 Å². The van der Waals surface area contributed by atoms with E-state index in [2.05, 4.69) is 9.98 Å². The molecule has 2 N–H and O–H groups in total. The van der Waals surface area contributed by atoms with Gasteiger partial charge < -0.3 is 9.84 Å². The number of nitrogens with one attached hydrogen (secondary N) is 1. The second-order valence-electron chi connectivity index (χ2n) is 4.60. The van der Waals surface area contributed by atoms with E-state index in [0.717, 1.165) is 12.2 Å². The van der Waals surface area contributed by atoms with E-state index in [0.29, 0.717) is 12.2 Å². The van der Waals surface area contributed by atoms with Gasteiger partial charge in [-0.1, -0.05) is 6.92 Å². The Kier molecular flexibility index (Phi) is 5.11. The molecule has 6 nitrogen and oxygen atoms in total. The molecule has 1 aromatic carbocycles. The van der Waals surface area contributed by atoms with Crippen molar-refractivity contribution in [2.24, 2.45) is 4.99 Å². The Balaban J connectivity index is 2.39. The molecule has 2 rings (SSSR count). The van der Waals surface area contributed by atoms with Gasteiger partial charge in [0, 0.05) is 12.8 Å². The third-order valence-electron chi connectivity index (χ3n) is 3.07. The molecule has 0 amide bonds. The lowest BCUT2D eigenvalue weighted by Crippen LogP contribution is -2.18. The van der Waals surface area contributed by atoms with Gasteiger partial charge in [-0.25, -0.2) is 0 Å². The molecule has 22 heavy (non-hydrogen) atoms. The van der Waals surface area contributed by atoms with Crippen LogP contribution in [0.1, 0.15) is 18.9 Å². The number of hydrogen-bond donors (Lipinski definition) is 2. The summed E-state index contributed by atoms with van der Waals surface area (Å²) in [5, 5.41) is 10.2. The lowest BCUT2D eigenvalue weighted by molar-refractivity contribution is 0.402. The molecule has 7 heteroatoms. The minimum atomic E-state index is -0.466. The maximum absolute atomic E-state index is 11.9. The molecule has 0 aliphatic rings. The summed E-state index contributed by atoms with van der Waals surface area (Å²) in [7, 11) is 1.58. The average Bonchev–Trinajstić information content (AvgIpc) is 2.51. The Bertz CT molecular complexity index is 791. The number of aromatic amines is 1. The van der Waals surface area contributed by atoms with Gasteiger partial charge in [0.05, 0.1) is 12.8 Å². The predicted molar refractivity (Wildman–Crippen MR) is 88.1 cm³/mol. The number of H-pyrrole nitrogens is 1. The SMILES string of the molecule is CCCn1c(O)c(C=Nc2ccc(OC)cc2)c(=O)[nH]c1=S. The summed E-state index contributed by atoms with van der Waals surface area (Å²) in [6.45, 7) is 2.47. The van der Waals surface area contributed by atoms with E-state index in [1.807, 2.05) is 6.92 Å². The first-order valence-corrected chi connectivity index (χ1v) is 7.21. The third kappa shape index (κ3) is 3.43. The third-order valence-corrected chi connectivity index (χ3v) is 3.39. The molecular formula is C15H17N3O3S. The van der Waals surface area contributed by atoms with Crippen molar-refractivity contribution >= 4 is 24.1 Å². The van der Waals surface area contributed by atoms with Gasteiger partial charge in [-0.05, 0) is 42.9 Å². The molecule has 2 aromatic rings. The topological polar surface area (TPSA) is 79.6 Å². The van der Waals surface area contributed by atoms with Gasteiger partial charge in [0.25, 0.3) is 5.56 Å². The molecule has 0 aliphatic heterocycles. The number of aliphatic imine (C=N–C) groups is 1. The molecule has 0 saturated heterocycles. The molecule has 0 bridgehead atoms. The first-order valence-electron chi connectivity index (χ1n) is 6.81. The summed E-state index contributed by atoms with van der Waals surface area (Å²) < 4.78 is 6.74. The molecule has 1 heterocycles. The Morgan fingerprint density at radius 1 is 1.41 bits per heavy atom. The van der Waals surface area contributed by atoms with Gasteiger partial charge in [-0.15, -0.1) is 0 Å². The Morgan fingerprint density at radius 3 is 2.68 bits per heavy atom. The zero-order valence-corrected chi connectivity index (χ0v) is 13.2. The average molecular weight is 319 g/mol. The maximum atomic E-state index is 11.9. The highest BCUT2D eigenvalue weighted by Gasteiger charge is 2.10. The van der Waals surface area contributed by atoms with E-state index in [9.17, 15) is 9.90 Å². The second-order valence-corrected chi connectivity index (χ2v) is 4.99. The van der Waals surface area contributed by atoms with Crippen LogP contribution in [0.5, 0.6) is 11.6 Å². The number of benzene rings is 1. The molecule has 0 spiro atoms. The number of rotatable bonds is 5. The van der Waals surface area contributed by atoms with Crippen molar-refractivity contribution in [3.8, 4) is 11.6 Å². The van der Waals surface area contributed by atoms with Crippen LogP contribution in [0.2, 0.25) is 0 Å². The fraction of sp³-hybridized carbons (Fsp3) is 0.267. The van der Waals surface area contributed by atoms with Crippen LogP contribution >= 0.6 is 12.2 Å². The van der Waals surface area contributed by atoms with E-state index in [-0.39, 0.29) is 16.2 Å². The number of aromatic hydroxyl groups is 1. The van der Waals surface area contributed by atoms with Crippen LogP contribution in [0.4, 0.5) is 5.69 Å². The largest absolute Gasteiger partial charge is 0.497 e. The second kappa shape index (κ2) is 7.04. The summed E-state index contributed by atoms with van der Waals surface area (Å²) in [5.41, 5.74) is 0.258. The fourth-order valence-corrected chi connectivity index (χ4v) is 2.20. The summed E-state index contributed by atoms with van der Waals surface area (Å²) in [6, 6.07) is 7.03. The lowest BCUT2D eigenvalue weighted by Gasteiger charge is -2.09. The van der Waals surface area contributed by atoms with Crippen molar-refractivity contribution in [1.82, 2.24) is 9.55 Å². The van der Waals surface area contributed by atoms with Crippen molar-refractivity contribution in [1.29, 1.82) is 0 Å².